The third-order valence-electron chi connectivity index (χ3n) is 5.67. The minimum atomic E-state index is -0.418. The molecule has 0 radical (unpaired) electrons. The van der Waals surface area contributed by atoms with Crippen molar-refractivity contribution >= 4 is 34.4 Å². The van der Waals surface area contributed by atoms with Crippen LogP contribution in [-0.4, -0.2) is 48.9 Å². The zero-order chi connectivity index (χ0) is 22.4. The molecule has 0 spiro atoms. The summed E-state index contributed by atoms with van der Waals surface area (Å²) >= 11 is 12.8. The topological polar surface area (TPSA) is 74.3 Å². The van der Waals surface area contributed by atoms with Crippen LogP contribution >= 0.6 is 23.2 Å². The lowest BCUT2D eigenvalue weighted by Gasteiger charge is -2.35. The van der Waals surface area contributed by atoms with Gasteiger partial charge in [-0.1, -0.05) is 29.3 Å². The van der Waals surface area contributed by atoms with Crippen LogP contribution in [0.25, 0.3) is 11.2 Å². The van der Waals surface area contributed by atoms with Gasteiger partial charge in [0.1, 0.15) is 5.82 Å². The van der Waals surface area contributed by atoms with Gasteiger partial charge in [-0.2, -0.15) is 0 Å². The van der Waals surface area contributed by atoms with Crippen molar-refractivity contribution in [2.24, 2.45) is 14.1 Å². The second-order valence-corrected chi connectivity index (χ2v) is 8.96. The van der Waals surface area contributed by atoms with Gasteiger partial charge in [-0.05, 0) is 26.0 Å². The standard InChI is InChI=1S/C21H25Cl2N5O3/c1-12-8-27(9-13(2)31-12)11-17-24-19-18(20(29)26(4)21(30)25(19)3)28(17)10-14-15(22)6-5-7-16(14)23/h5-7,12-13H,8-11H2,1-4H3/t12-,13+. The number of nitrogens with zero attached hydrogens (tertiary/aromatic N) is 5. The molecule has 1 saturated heterocycles. The van der Waals surface area contributed by atoms with Crippen LogP contribution in [0.1, 0.15) is 25.2 Å². The van der Waals surface area contributed by atoms with Crippen LogP contribution in [0.15, 0.2) is 27.8 Å². The first kappa shape index (κ1) is 22.1. The summed E-state index contributed by atoms with van der Waals surface area (Å²) in [6.07, 6.45) is 0.189. The Morgan fingerprint density at radius 1 is 1.03 bits per heavy atom. The largest absolute Gasteiger partial charge is 0.373 e. The lowest BCUT2D eigenvalue weighted by Crippen LogP contribution is -2.45. The lowest BCUT2D eigenvalue weighted by molar-refractivity contribution is -0.0712. The summed E-state index contributed by atoms with van der Waals surface area (Å²) < 4.78 is 10.2. The molecular weight excluding hydrogens is 441 g/mol. The maximum Gasteiger partial charge on any atom is 0.332 e. The summed E-state index contributed by atoms with van der Waals surface area (Å²) in [5.74, 6) is 0.672. The fourth-order valence-corrected chi connectivity index (χ4v) is 4.75. The minimum Gasteiger partial charge on any atom is -0.373 e. The van der Waals surface area contributed by atoms with E-state index in [1.54, 1.807) is 25.2 Å². The predicted molar refractivity (Wildman–Crippen MR) is 121 cm³/mol. The normalized spacial score (nSPS) is 19.9. The molecule has 1 fully saturated rings. The summed E-state index contributed by atoms with van der Waals surface area (Å²) in [7, 11) is 3.08. The Morgan fingerprint density at radius 2 is 1.65 bits per heavy atom. The highest BCUT2D eigenvalue weighted by Gasteiger charge is 2.26. The van der Waals surface area contributed by atoms with Gasteiger partial charge in [0.25, 0.3) is 5.56 Å². The van der Waals surface area contributed by atoms with Crippen LogP contribution in [0, 0.1) is 0 Å². The van der Waals surface area contributed by atoms with E-state index in [-0.39, 0.29) is 18.8 Å². The number of rotatable bonds is 4. The van der Waals surface area contributed by atoms with Gasteiger partial charge < -0.3 is 9.30 Å². The molecule has 2 aromatic heterocycles. The van der Waals surface area contributed by atoms with Gasteiger partial charge in [0.05, 0.1) is 25.3 Å². The molecule has 0 aliphatic carbocycles. The minimum absolute atomic E-state index is 0.0943. The lowest BCUT2D eigenvalue weighted by atomic mass is 10.2. The number of benzene rings is 1. The fourth-order valence-electron chi connectivity index (χ4n) is 4.24. The van der Waals surface area contributed by atoms with Crippen molar-refractivity contribution < 1.29 is 4.74 Å². The van der Waals surface area contributed by atoms with Crippen LogP contribution in [-0.2, 0) is 31.9 Å². The molecule has 0 amide bonds. The summed E-state index contributed by atoms with van der Waals surface area (Å²) in [6.45, 7) is 6.34. The summed E-state index contributed by atoms with van der Waals surface area (Å²) in [4.78, 5) is 32.5. The molecule has 1 aromatic carbocycles. The molecule has 2 atom stereocenters. The van der Waals surface area contributed by atoms with Crippen molar-refractivity contribution in [3.05, 3.63) is 60.5 Å². The van der Waals surface area contributed by atoms with Gasteiger partial charge in [0.15, 0.2) is 11.2 Å². The number of ether oxygens (including phenoxy) is 1. The maximum atomic E-state index is 13.1. The van der Waals surface area contributed by atoms with E-state index < -0.39 is 11.2 Å². The van der Waals surface area contributed by atoms with Gasteiger partial charge in [-0.3, -0.25) is 18.8 Å². The Morgan fingerprint density at radius 3 is 2.26 bits per heavy atom. The highest BCUT2D eigenvalue weighted by Crippen LogP contribution is 2.27. The summed E-state index contributed by atoms with van der Waals surface area (Å²) in [5, 5.41) is 1.02. The molecule has 3 aromatic rings. The van der Waals surface area contributed by atoms with E-state index >= 15 is 0 Å². The second kappa shape index (κ2) is 8.43. The van der Waals surface area contributed by atoms with Crippen LogP contribution in [0.4, 0.5) is 0 Å². The molecule has 8 nitrogen and oxygen atoms in total. The number of fused-ring (bicyclic) bond motifs is 1. The van der Waals surface area contributed by atoms with E-state index in [9.17, 15) is 9.59 Å². The molecule has 10 heteroatoms. The molecule has 31 heavy (non-hydrogen) atoms. The highest BCUT2D eigenvalue weighted by molar-refractivity contribution is 6.36. The van der Waals surface area contributed by atoms with Gasteiger partial charge in [-0.15, -0.1) is 0 Å². The molecule has 0 N–H and O–H groups in total. The number of halogens is 2. The van der Waals surface area contributed by atoms with E-state index in [1.165, 1.54) is 11.6 Å². The SMILES string of the molecule is C[C@@H]1CN(Cc2nc3c(c(=O)n(C)c(=O)n3C)n2Cc2c(Cl)cccc2Cl)C[C@H](C)O1. The third kappa shape index (κ3) is 4.05. The number of morpholine rings is 1. The van der Waals surface area contributed by atoms with Crippen molar-refractivity contribution in [3.8, 4) is 0 Å². The van der Waals surface area contributed by atoms with Gasteiger partial charge in [0.2, 0.25) is 0 Å². The highest BCUT2D eigenvalue weighted by atomic mass is 35.5. The maximum absolute atomic E-state index is 13.1. The van der Waals surface area contributed by atoms with Crippen LogP contribution in [0.3, 0.4) is 0 Å². The van der Waals surface area contributed by atoms with E-state index in [2.05, 4.69) is 4.90 Å². The number of imidazole rings is 1. The molecule has 1 aliphatic heterocycles. The van der Waals surface area contributed by atoms with E-state index in [4.69, 9.17) is 32.9 Å². The number of aromatic nitrogens is 4. The van der Waals surface area contributed by atoms with Crippen LogP contribution in [0.5, 0.6) is 0 Å². The van der Waals surface area contributed by atoms with Crippen molar-refractivity contribution in [2.75, 3.05) is 13.1 Å². The van der Waals surface area contributed by atoms with Crippen molar-refractivity contribution in [1.82, 2.24) is 23.6 Å². The predicted octanol–water partition coefficient (Wildman–Crippen LogP) is 2.40. The first-order valence-corrected chi connectivity index (χ1v) is 10.9. The number of aryl methyl sites for hydroxylation is 1. The number of hydrogen-bond donors (Lipinski definition) is 0. The van der Waals surface area contributed by atoms with Gasteiger partial charge >= 0.3 is 5.69 Å². The molecule has 0 bridgehead atoms. The summed E-state index contributed by atoms with van der Waals surface area (Å²) in [5.41, 5.74) is 0.582. The van der Waals surface area contributed by atoms with Crippen molar-refractivity contribution in [3.63, 3.8) is 0 Å². The molecule has 1 aliphatic rings. The van der Waals surface area contributed by atoms with Crippen LogP contribution in [0.2, 0.25) is 10.0 Å². The van der Waals surface area contributed by atoms with Crippen molar-refractivity contribution in [2.45, 2.75) is 39.1 Å². The van der Waals surface area contributed by atoms with Crippen LogP contribution < -0.4 is 11.2 Å². The molecule has 4 rings (SSSR count). The zero-order valence-corrected chi connectivity index (χ0v) is 19.4. The van der Waals surface area contributed by atoms with Gasteiger partial charge in [0, 0.05) is 42.8 Å². The first-order valence-electron chi connectivity index (χ1n) is 10.1. The average Bonchev–Trinajstić information content (AvgIpc) is 3.05. The Kier molecular flexibility index (Phi) is 6.00. The van der Waals surface area contributed by atoms with Crippen molar-refractivity contribution in [1.29, 1.82) is 0 Å². The smallest absolute Gasteiger partial charge is 0.332 e. The molecule has 0 unspecified atom stereocenters. The molecule has 0 saturated carbocycles. The molecule has 166 valence electrons. The molecule has 3 heterocycles. The van der Waals surface area contributed by atoms with E-state index in [0.717, 1.165) is 17.7 Å². The quantitative estimate of drug-likeness (QED) is 0.591. The summed E-state index contributed by atoms with van der Waals surface area (Å²) in [6, 6.07) is 5.31. The van der Waals surface area contributed by atoms with E-state index in [1.807, 2.05) is 18.4 Å². The molecular formula is C21H25Cl2N5O3. The number of hydrogen-bond acceptors (Lipinski definition) is 5. The van der Waals surface area contributed by atoms with E-state index in [0.29, 0.717) is 39.1 Å². The monoisotopic (exact) mass is 465 g/mol. The first-order chi connectivity index (χ1) is 14.7. The van der Waals surface area contributed by atoms with Gasteiger partial charge in [-0.25, -0.2) is 9.78 Å². The fraction of sp³-hybridized carbons (Fsp3) is 0.476. The third-order valence-corrected chi connectivity index (χ3v) is 6.37. The Labute approximate surface area is 189 Å². The zero-order valence-electron chi connectivity index (χ0n) is 17.9. The second-order valence-electron chi connectivity index (χ2n) is 8.14. The average molecular weight is 466 g/mol. The Balaban J connectivity index is 1.89. The Bertz CT molecular complexity index is 1230. The Hall–Kier alpha value is -2.13.